The Balaban J connectivity index is 1.59. The minimum Gasteiger partial charge on any atom is -0.383 e. The van der Waals surface area contributed by atoms with E-state index in [-0.39, 0.29) is 6.04 Å². The second kappa shape index (κ2) is 6.57. The summed E-state index contributed by atoms with van der Waals surface area (Å²) in [5.74, 6) is 1.97. The molecule has 26 heavy (non-hydrogen) atoms. The first kappa shape index (κ1) is 16.2. The number of fused-ring (bicyclic) bond motifs is 1. The predicted octanol–water partition coefficient (Wildman–Crippen LogP) is 1.84. The number of anilines is 4. The molecule has 1 fully saturated rings. The van der Waals surface area contributed by atoms with E-state index in [9.17, 15) is 0 Å². The summed E-state index contributed by atoms with van der Waals surface area (Å²) in [6.45, 7) is 5.68. The molecule has 0 radical (unpaired) electrons. The average Bonchev–Trinajstić information content (AvgIpc) is 3.23. The maximum Gasteiger partial charge on any atom is 0.183 e. The Kier molecular flexibility index (Phi) is 4.10. The Labute approximate surface area is 151 Å². The Hall–Kier alpha value is -3.26. The lowest BCUT2D eigenvalue weighted by Gasteiger charge is -2.18. The number of nitrogens with one attached hydrogen (secondary N) is 2. The molecule has 0 spiro atoms. The maximum atomic E-state index is 6.16. The van der Waals surface area contributed by atoms with Crippen LogP contribution in [0.1, 0.15) is 6.42 Å². The highest BCUT2D eigenvalue weighted by molar-refractivity contribution is 5.73. The van der Waals surface area contributed by atoms with Crippen LogP contribution in [0.3, 0.4) is 0 Å². The highest BCUT2D eigenvalue weighted by Gasteiger charge is 2.22. The van der Waals surface area contributed by atoms with Crippen LogP contribution in [-0.2, 0) is 0 Å². The van der Waals surface area contributed by atoms with Crippen LogP contribution >= 0.6 is 0 Å². The topological polar surface area (TPSA) is 110 Å². The minimum absolute atomic E-state index is 0.173. The van der Waals surface area contributed by atoms with Crippen molar-refractivity contribution >= 4 is 28.7 Å². The Morgan fingerprint density at radius 1 is 1.23 bits per heavy atom. The summed E-state index contributed by atoms with van der Waals surface area (Å²) in [7, 11) is 0. The number of nitrogens with two attached hydrogens (primary N) is 2. The fourth-order valence-electron chi connectivity index (χ4n) is 3.11. The number of nitrogens with zero attached hydrogens (tertiary/aromatic N) is 4. The molecular weight excluding hydrogens is 328 g/mol. The molecule has 0 aliphatic carbocycles. The van der Waals surface area contributed by atoms with Crippen molar-refractivity contribution in [1.29, 1.82) is 0 Å². The van der Waals surface area contributed by atoms with E-state index in [1.54, 1.807) is 10.7 Å². The lowest BCUT2D eigenvalue weighted by molar-refractivity contribution is 0.751. The van der Waals surface area contributed by atoms with Gasteiger partial charge >= 0.3 is 0 Å². The van der Waals surface area contributed by atoms with Crippen molar-refractivity contribution in [2.24, 2.45) is 5.73 Å². The van der Waals surface area contributed by atoms with Crippen molar-refractivity contribution in [1.82, 2.24) is 14.6 Å². The summed E-state index contributed by atoms with van der Waals surface area (Å²) in [6, 6.07) is 11.8. The van der Waals surface area contributed by atoms with E-state index in [1.807, 2.05) is 36.4 Å². The molecule has 1 atom stereocenters. The van der Waals surface area contributed by atoms with Gasteiger partial charge in [-0.1, -0.05) is 24.8 Å². The van der Waals surface area contributed by atoms with Crippen LogP contribution < -0.4 is 27.0 Å². The summed E-state index contributed by atoms with van der Waals surface area (Å²) in [6.07, 6.45) is 2.64. The number of hydrogen-bond acceptors (Lipinski definition) is 7. The van der Waals surface area contributed by atoms with Crippen molar-refractivity contribution in [3.63, 3.8) is 0 Å². The molecule has 0 amide bonds. The lowest BCUT2D eigenvalue weighted by atomic mass is 10.3. The Morgan fingerprint density at radius 2 is 2.04 bits per heavy atom. The first-order valence-electron chi connectivity index (χ1n) is 8.53. The van der Waals surface area contributed by atoms with Crippen molar-refractivity contribution in [2.75, 3.05) is 34.4 Å². The first-order chi connectivity index (χ1) is 12.6. The highest BCUT2D eigenvalue weighted by atomic mass is 15.3. The number of hydrogen-bond donors (Lipinski definition) is 4. The van der Waals surface area contributed by atoms with Crippen LogP contribution in [0.5, 0.6) is 0 Å². The Morgan fingerprint density at radius 3 is 2.77 bits per heavy atom. The summed E-state index contributed by atoms with van der Waals surface area (Å²) >= 11 is 0. The smallest absolute Gasteiger partial charge is 0.183 e. The summed E-state index contributed by atoms with van der Waals surface area (Å²) < 4.78 is 1.61. The standard InChI is InChI=1S/C18H22N8/c1-12(22-14-5-3-2-4-6-14)23-15-10-21-26-16(20)9-17(24-18(15)26)25-8-7-13(19)11-25/h2-6,9-10,13,22-23H,1,7-8,11,19-20H2/t13-/m0/s1. The van der Waals surface area contributed by atoms with Gasteiger partial charge in [0.15, 0.2) is 5.65 Å². The van der Waals surface area contributed by atoms with E-state index in [2.05, 4.69) is 27.2 Å². The lowest BCUT2D eigenvalue weighted by Crippen LogP contribution is -2.27. The van der Waals surface area contributed by atoms with Gasteiger partial charge in [-0.15, -0.1) is 0 Å². The van der Waals surface area contributed by atoms with E-state index in [0.29, 0.717) is 17.3 Å². The van der Waals surface area contributed by atoms with Gasteiger partial charge < -0.3 is 27.0 Å². The van der Waals surface area contributed by atoms with Crippen molar-refractivity contribution in [3.8, 4) is 0 Å². The van der Waals surface area contributed by atoms with Crippen molar-refractivity contribution in [2.45, 2.75) is 12.5 Å². The molecule has 0 bridgehead atoms. The number of benzene rings is 1. The Bertz CT molecular complexity index is 933. The van der Waals surface area contributed by atoms with Crippen molar-refractivity contribution < 1.29 is 0 Å². The third-order valence-electron chi connectivity index (χ3n) is 4.39. The molecule has 1 aliphatic rings. The van der Waals surface area contributed by atoms with Crippen LogP contribution in [0.4, 0.5) is 23.0 Å². The largest absolute Gasteiger partial charge is 0.383 e. The SMILES string of the molecule is C=C(Nc1ccccc1)Nc1cnn2c(N)cc(N3CC[C@H](N)C3)nc12. The van der Waals surface area contributed by atoms with Gasteiger partial charge in [0.2, 0.25) is 0 Å². The molecule has 0 saturated carbocycles. The maximum absolute atomic E-state index is 6.16. The average molecular weight is 350 g/mol. The number of nitrogen functional groups attached to an aromatic ring is 1. The highest BCUT2D eigenvalue weighted by Crippen LogP contribution is 2.25. The van der Waals surface area contributed by atoms with Gasteiger partial charge in [0.1, 0.15) is 23.1 Å². The fourth-order valence-corrected chi connectivity index (χ4v) is 3.11. The van der Waals surface area contributed by atoms with Gasteiger partial charge in [-0.05, 0) is 18.6 Å². The molecule has 3 heterocycles. The zero-order valence-corrected chi connectivity index (χ0v) is 14.4. The monoisotopic (exact) mass is 350 g/mol. The fraction of sp³-hybridized carbons (Fsp3) is 0.222. The molecule has 8 nitrogen and oxygen atoms in total. The molecule has 6 N–H and O–H groups in total. The van der Waals surface area contributed by atoms with E-state index >= 15 is 0 Å². The molecule has 3 aromatic rings. The molecule has 1 aliphatic heterocycles. The van der Waals surface area contributed by atoms with Gasteiger partial charge in [-0.25, -0.2) is 4.98 Å². The van der Waals surface area contributed by atoms with Gasteiger partial charge in [-0.3, -0.25) is 0 Å². The molecule has 2 aromatic heterocycles. The third-order valence-corrected chi connectivity index (χ3v) is 4.39. The van der Waals surface area contributed by atoms with Gasteiger partial charge in [-0.2, -0.15) is 9.61 Å². The van der Waals surface area contributed by atoms with E-state index in [4.69, 9.17) is 16.5 Å². The summed E-state index contributed by atoms with van der Waals surface area (Å²) in [5, 5.41) is 10.7. The van der Waals surface area contributed by atoms with Crippen LogP contribution in [0.15, 0.2) is 55.0 Å². The zero-order chi connectivity index (χ0) is 18.1. The molecule has 0 unspecified atom stereocenters. The number of para-hydroxylation sites is 1. The normalized spacial score (nSPS) is 16.8. The summed E-state index contributed by atoms with van der Waals surface area (Å²) in [5.41, 5.74) is 14.5. The second-order valence-electron chi connectivity index (χ2n) is 6.42. The van der Waals surface area contributed by atoms with E-state index in [0.717, 1.165) is 36.7 Å². The quantitative estimate of drug-likeness (QED) is 0.556. The molecule has 134 valence electrons. The third kappa shape index (κ3) is 3.14. The van der Waals surface area contributed by atoms with E-state index in [1.165, 1.54) is 0 Å². The minimum atomic E-state index is 0.173. The van der Waals surface area contributed by atoms with Crippen molar-refractivity contribution in [3.05, 3.63) is 55.0 Å². The molecule has 4 rings (SSSR count). The molecule has 1 aromatic carbocycles. The molecule has 8 heteroatoms. The van der Waals surface area contributed by atoms with Crippen LogP contribution in [-0.4, -0.2) is 33.7 Å². The predicted molar refractivity (Wildman–Crippen MR) is 105 cm³/mol. The summed E-state index contributed by atoms with van der Waals surface area (Å²) in [4.78, 5) is 6.88. The second-order valence-corrected chi connectivity index (χ2v) is 6.42. The van der Waals surface area contributed by atoms with E-state index < -0.39 is 0 Å². The number of rotatable bonds is 5. The molecule has 1 saturated heterocycles. The van der Waals surface area contributed by atoms with Gasteiger partial charge in [0.25, 0.3) is 0 Å². The van der Waals surface area contributed by atoms with Crippen LogP contribution in [0.2, 0.25) is 0 Å². The first-order valence-corrected chi connectivity index (χ1v) is 8.53. The molecular formula is C18H22N8. The van der Waals surface area contributed by atoms with Crippen LogP contribution in [0, 0.1) is 0 Å². The zero-order valence-electron chi connectivity index (χ0n) is 14.4. The number of aromatic nitrogens is 3. The van der Waals surface area contributed by atoms with Gasteiger partial charge in [0, 0.05) is 30.9 Å². The van der Waals surface area contributed by atoms with Gasteiger partial charge in [0.05, 0.1) is 6.20 Å². The van der Waals surface area contributed by atoms with Crippen LogP contribution in [0.25, 0.3) is 5.65 Å².